The summed E-state index contributed by atoms with van der Waals surface area (Å²) in [4.78, 5) is 0. The minimum atomic E-state index is -1.63. The number of benzene rings is 1. The van der Waals surface area contributed by atoms with Crippen LogP contribution in [-0.4, -0.2) is 18.3 Å². The van der Waals surface area contributed by atoms with Gasteiger partial charge in [-0.15, -0.1) is 0 Å². The summed E-state index contributed by atoms with van der Waals surface area (Å²) in [6, 6.07) is 2.56. The van der Waals surface area contributed by atoms with Crippen LogP contribution in [0.15, 0.2) is 16.6 Å². The maximum atomic E-state index is 14.7. The van der Waals surface area contributed by atoms with Crippen LogP contribution in [0.2, 0.25) is 0 Å². The Hall–Kier alpha value is -0.550. The second-order valence-corrected chi connectivity index (χ2v) is 6.62. The fraction of sp³-hybridized carbons (Fsp3) is 0.600. The highest BCUT2D eigenvalue weighted by Crippen LogP contribution is 2.30. The summed E-state index contributed by atoms with van der Waals surface area (Å²) >= 11 is 3.01. The zero-order chi connectivity index (χ0) is 14.8. The average Bonchev–Trinajstić information content (AvgIpc) is 2.40. The molecule has 0 aromatic heterocycles. The van der Waals surface area contributed by atoms with Crippen molar-refractivity contribution in [2.24, 2.45) is 0 Å². The van der Waals surface area contributed by atoms with Gasteiger partial charge in [0.1, 0.15) is 17.3 Å². The lowest BCUT2D eigenvalue weighted by Gasteiger charge is -2.30. The lowest BCUT2D eigenvalue weighted by Crippen LogP contribution is -2.40. The van der Waals surface area contributed by atoms with E-state index in [0.717, 1.165) is 31.9 Å². The van der Waals surface area contributed by atoms with Crippen LogP contribution in [0.4, 0.5) is 13.2 Å². The molecule has 1 nitrogen and oxygen atoms in total. The Bertz CT molecular complexity index is 470. The van der Waals surface area contributed by atoms with E-state index in [4.69, 9.17) is 0 Å². The van der Waals surface area contributed by atoms with Crippen molar-refractivity contribution in [3.05, 3.63) is 33.8 Å². The van der Waals surface area contributed by atoms with Gasteiger partial charge in [0.25, 0.3) is 0 Å². The van der Waals surface area contributed by atoms with Crippen molar-refractivity contribution in [2.75, 3.05) is 6.54 Å². The maximum Gasteiger partial charge on any atom is 0.143 e. The molecule has 0 amide bonds. The Labute approximate surface area is 126 Å². The van der Waals surface area contributed by atoms with Crippen molar-refractivity contribution < 1.29 is 13.2 Å². The van der Waals surface area contributed by atoms with Crippen molar-refractivity contribution in [2.45, 2.75) is 50.7 Å². The maximum absolute atomic E-state index is 14.7. The van der Waals surface area contributed by atoms with Gasteiger partial charge in [-0.2, -0.15) is 0 Å². The van der Waals surface area contributed by atoms with Crippen LogP contribution in [0.25, 0.3) is 0 Å². The molecule has 1 heterocycles. The molecule has 1 N–H and O–H groups in total. The van der Waals surface area contributed by atoms with Gasteiger partial charge in [0.05, 0.1) is 4.47 Å². The van der Waals surface area contributed by atoms with Gasteiger partial charge < -0.3 is 5.32 Å². The Morgan fingerprint density at radius 2 is 2.10 bits per heavy atom. The summed E-state index contributed by atoms with van der Waals surface area (Å²) in [5, 5.41) is 3.26. The molecule has 0 spiro atoms. The molecule has 1 saturated heterocycles. The molecule has 5 heteroatoms. The molecular formula is C15H19BrF3N. The standard InChI is InChI=1S/C15H19BrF3N/c1-15(19,8-10-4-2-3-7-20-10)9-11-13(17)6-5-12(16)14(11)18/h5-6,10,20H,2-4,7-9H2,1H3. The molecular weight excluding hydrogens is 331 g/mol. The average molecular weight is 350 g/mol. The molecule has 20 heavy (non-hydrogen) atoms. The van der Waals surface area contributed by atoms with Crippen LogP contribution in [0, 0.1) is 11.6 Å². The van der Waals surface area contributed by atoms with E-state index in [2.05, 4.69) is 21.2 Å². The van der Waals surface area contributed by atoms with Gasteiger partial charge in [0, 0.05) is 18.0 Å². The second-order valence-electron chi connectivity index (χ2n) is 5.76. The Kier molecular flexibility index (Phi) is 5.13. The number of piperidine rings is 1. The Morgan fingerprint density at radius 3 is 2.75 bits per heavy atom. The number of alkyl halides is 1. The smallest absolute Gasteiger partial charge is 0.143 e. The highest BCUT2D eigenvalue weighted by molar-refractivity contribution is 9.10. The first kappa shape index (κ1) is 15.8. The first-order valence-corrected chi connectivity index (χ1v) is 7.73. The minimum absolute atomic E-state index is 0.0945. The summed E-state index contributed by atoms with van der Waals surface area (Å²) in [5.74, 6) is -1.39. The molecule has 1 fully saturated rings. The molecule has 2 unspecified atom stereocenters. The largest absolute Gasteiger partial charge is 0.314 e. The van der Waals surface area contributed by atoms with Gasteiger partial charge in [-0.25, -0.2) is 13.2 Å². The fourth-order valence-corrected chi connectivity index (χ4v) is 3.16. The SMILES string of the molecule is CC(F)(Cc1c(F)ccc(Br)c1F)CC1CCCCN1. The van der Waals surface area contributed by atoms with E-state index in [9.17, 15) is 13.2 Å². The van der Waals surface area contributed by atoms with E-state index in [1.165, 1.54) is 13.0 Å². The molecule has 1 aromatic carbocycles. The van der Waals surface area contributed by atoms with Crippen LogP contribution >= 0.6 is 15.9 Å². The van der Waals surface area contributed by atoms with Crippen LogP contribution in [0.3, 0.4) is 0 Å². The van der Waals surface area contributed by atoms with Crippen molar-refractivity contribution >= 4 is 15.9 Å². The Morgan fingerprint density at radius 1 is 1.35 bits per heavy atom. The number of hydrogen-bond donors (Lipinski definition) is 1. The highest BCUT2D eigenvalue weighted by atomic mass is 79.9. The van der Waals surface area contributed by atoms with Gasteiger partial charge in [-0.05, 0) is 60.8 Å². The zero-order valence-electron chi connectivity index (χ0n) is 11.5. The van der Waals surface area contributed by atoms with Gasteiger partial charge in [0.15, 0.2) is 0 Å². The molecule has 0 saturated carbocycles. The van der Waals surface area contributed by atoms with Crippen molar-refractivity contribution in [3.63, 3.8) is 0 Å². The summed E-state index contributed by atoms with van der Waals surface area (Å²) < 4.78 is 42.4. The van der Waals surface area contributed by atoms with E-state index in [1.807, 2.05) is 0 Å². The topological polar surface area (TPSA) is 12.0 Å². The van der Waals surface area contributed by atoms with E-state index in [-0.39, 0.29) is 28.9 Å². The molecule has 0 bridgehead atoms. The summed E-state index contributed by atoms with van der Waals surface area (Å²) in [7, 11) is 0. The molecule has 0 aliphatic carbocycles. The van der Waals surface area contributed by atoms with Gasteiger partial charge in [0.2, 0.25) is 0 Å². The molecule has 0 radical (unpaired) electrons. The number of hydrogen-bond acceptors (Lipinski definition) is 1. The van der Waals surface area contributed by atoms with Gasteiger partial charge >= 0.3 is 0 Å². The van der Waals surface area contributed by atoms with Crippen LogP contribution < -0.4 is 5.32 Å². The van der Waals surface area contributed by atoms with Crippen molar-refractivity contribution in [1.29, 1.82) is 0 Å². The van der Waals surface area contributed by atoms with E-state index in [0.29, 0.717) is 0 Å². The number of halogens is 4. The summed E-state index contributed by atoms with van der Waals surface area (Å²) in [6.45, 7) is 2.31. The van der Waals surface area contributed by atoms with E-state index >= 15 is 0 Å². The van der Waals surface area contributed by atoms with E-state index < -0.39 is 17.3 Å². The predicted molar refractivity (Wildman–Crippen MR) is 77.5 cm³/mol. The highest BCUT2D eigenvalue weighted by Gasteiger charge is 2.31. The number of rotatable bonds is 4. The quantitative estimate of drug-likeness (QED) is 0.787. The molecule has 1 aliphatic heterocycles. The second kappa shape index (κ2) is 6.48. The first-order chi connectivity index (χ1) is 9.39. The van der Waals surface area contributed by atoms with Crippen molar-refractivity contribution in [3.8, 4) is 0 Å². The predicted octanol–water partition coefficient (Wildman–Crippen LogP) is 4.53. The third-order valence-corrected chi connectivity index (χ3v) is 4.38. The molecule has 2 rings (SSSR count). The molecule has 2 atom stereocenters. The minimum Gasteiger partial charge on any atom is -0.314 e. The summed E-state index contributed by atoms with van der Waals surface area (Å²) in [6.07, 6.45) is 3.13. The normalized spacial score (nSPS) is 22.6. The van der Waals surface area contributed by atoms with Crippen LogP contribution in [0.5, 0.6) is 0 Å². The fourth-order valence-electron chi connectivity index (χ4n) is 2.78. The lowest BCUT2D eigenvalue weighted by atomic mass is 9.88. The van der Waals surface area contributed by atoms with Gasteiger partial charge in [-0.3, -0.25) is 0 Å². The van der Waals surface area contributed by atoms with Crippen LogP contribution in [0.1, 0.15) is 38.2 Å². The molecule has 112 valence electrons. The summed E-state index contributed by atoms with van der Waals surface area (Å²) in [5.41, 5.74) is -1.81. The Balaban J connectivity index is 2.09. The first-order valence-electron chi connectivity index (χ1n) is 6.94. The molecule has 1 aliphatic rings. The van der Waals surface area contributed by atoms with Gasteiger partial charge in [-0.1, -0.05) is 6.42 Å². The third-order valence-electron chi connectivity index (χ3n) is 3.77. The molecule has 1 aromatic rings. The van der Waals surface area contributed by atoms with E-state index in [1.54, 1.807) is 0 Å². The lowest BCUT2D eigenvalue weighted by molar-refractivity contribution is 0.143. The van der Waals surface area contributed by atoms with Crippen molar-refractivity contribution in [1.82, 2.24) is 5.32 Å². The van der Waals surface area contributed by atoms with Crippen LogP contribution in [-0.2, 0) is 6.42 Å². The number of nitrogens with one attached hydrogen (secondary N) is 1. The monoisotopic (exact) mass is 349 g/mol. The zero-order valence-corrected chi connectivity index (χ0v) is 13.1. The third kappa shape index (κ3) is 3.98.